The Kier molecular flexibility index (Phi) is 8.45. The predicted molar refractivity (Wildman–Crippen MR) is 114 cm³/mol. The first kappa shape index (κ1) is 23.9. The van der Waals surface area contributed by atoms with E-state index in [1.54, 1.807) is 13.8 Å². The molecule has 0 spiro atoms. The first-order chi connectivity index (χ1) is 14.2. The van der Waals surface area contributed by atoms with E-state index in [0.29, 0.717) is 6.19 Å². The molecular weight excluding hydrogens is 438 g/mol. The number of hydrogen-bond donors (Lipinski definition) is 1. The number of benzene rings is 1. The highest BCUT2D eigenvalue weighted by molar-refractivity contribution is 6.82. The summed E-state index contributed by atoms with van der Waals surface area (Å²) in [5.41, 5.74) is 0.0219. The van der Waals surface area contributed by atoms with Gasteiger partial charge in [0.25, 0.3) is 0 Å². The Hall–Kier alpha value is -2.36. The van der Waals surface area contributed by atoms with E-state index >= 15 is 0 Å². The molecule has 1 heterocycles. The van der Waals surface area contributed by atoms with Gasteiger partial charge in [0, 0.05) is 16.7 Å². The van der Waals surface area contributed by atoms with Crippen molar-refractivity contribution in [1.82, 2.24) is 10.2 Å². The van der Waals surface area contributed by atoms with Crippen LogP contribution in [0.5, 0.6) is 5.75 Å². The van der Waals surface area contributed by atoms with Gasteiger partial charge in [0.15, 0.2) is 17.3 Å². The van der Waals surface area contributed by atoms with Gasteiger partial charge in [-0.15, -0.1) is 10.2 Å². The lowest BCUT2D eigenvalue weighted by Crippen LogP contribution is -2.42. The average molecular weight is 456 g/mol. The molecule has 0 saturated heterocycles. The molecule has 2 aromatic rings. The lowest BCUT2D eigenvalue weighted by Gasteiger charge is -2.26. The molecule has 1 atom stereocenters. The van der Waals surface area contributed by atoms with E-state index in [1.807, 2.05) is 0 Å². The maximum absolute atomic E-state index is 13.9. The summed E-state index contributed by atoms with van der Waals surface area (Å²) in [7, 11) is -1.35. The van der Waals surface area contributed by atoms with E-state index in [9.17, 15) is 19.0 Å². The highest BCUT2D eigenvalue weighted by atomic mass is 35.5. The topological polar surface area (TPSA) is 102 Å². The molecule has 1 aromatic heterocycles. The van der Waals surface area contributed by atoms with Gasteiger partial charge in [0.2, 0.25) is 0 Å². The number of rotatable bonds is 9. The molecule has 0 aliphatic heterocycles. The third-order valence-corrected chi connectivity index (χ3v) is 4.72. The van der Waals surface area contributed by atoms with E-state index in [1.165, 1.54) is 23.7 Å². The lowest BCUT2D eigenvalue weighted by molar-refractivity contribution is 0.0517. The summed E-state index contributed by atoms with van der Waals surface area (Å²) >= 11 is 12.2. The number of carbonyl (C=O) groups excluding carboxylic acids is 2. The van der Waals surface area contributed by atoms with E-state index in [2.05, 4.69) is 10.2 Å². The molecule has 8 nitrogen and oxygen atoms in total. The Morgan fingerprint density at radius 3 is 2.73 bits per heavy atom. The molecule has 2 rings (SSSR count). The maximum atomic E-state index is 13.9. The molecule has 30 heavy (non-hydrogen) atoms. The Morgan fingerprint density at radius 1 is 1.43 bits per heavy atom. The largest absolute Gasteiger partial charge is 0.482 e. The summed E-state index contributed by atoms with van der Waals surface area (Å²) in [5, 5.41) is 17.7. The molecular formula is C17H18B2Cl2FN3O5. The highest BCUT2D eigenvalue weighted by Crippen LogP contribution is 2.37. The van der Waals surface area contributed by atoms with Crippen molar-refractivity contribution in [3.05, 3.63) is 45.3 Å². The second-order valence-electron chi connectivity index (χ2n) is 6.11. The quantitative estimate of drug-likeness (QED) is 0.266. The number of carbonyl (C=O) groups is 2. The van der Waals surface area contributed by atoms with E-state index in [0.717, 1.165) is 6.07 Å². The Labute approximate surface area is 183 Å². The molecule has 158 valence electrons. The minimum absolute atomic E-state index is 0.0133. The summed E-state index contributed by atoms with van der Waals surface area (Å²) in [4.78, 5) is 23.1. The van der Waals surface area contributed by atoms with Crippen LogP contribution in [0.3, 0.4) is 0 Å². The summed E-state index contributed by atoms with van der Waals surface area (Å²) in [6.45, 7) is 4.73. The van der Waals surface area contributed by atoms with Gasteiger partial charge in [-0.1, -0.05) is 23.2 Å². The number of aromatic nitrogens is 2. The molecule has 0 saturated carbocycles. The molecule has 0 aliphatic carbocycles. The van der Waals surface area contributed by atoms with Gasteiger partial charge in [-0.05, 0) is 32.8 Å². The highest BCUT2D eigenvalue weighted by Gasteiger charge is 2.27. The second-order valence-corrected chi connectivity index (χ2v) is 6.89. The van der Waals surface area contributed by atoms with Crippen LogP contribution in [-0.4, -0.2) is 48.4 Å². The first-order valence-electron chi connectivity index (χ1n) is 8.94. The van der Waals surface area contributed by atoms with Crippen molar-refractivity contribution in [2.45, 2.75) is 26.8 Å². The Bertz CT molecular complexity index is 939. The summed E-state index contributed by atoms with van der Waals surface area (Å²) in [5.74, 6) is -1.45. The minimum atomic E-state index is -1.13. The molecule has 0 amide bonds. The van der Waals surface area contributed by atoms with Gasteiger partial charge in [-0.25, -0.2) is 9.18 Å². The van der Waals surface area contributed by atoms with Crippen LogP contribution in [0, 0.1) is 5.82 Å². The third kappa shape index (κ3) is 5.41. The van der Waals surface area contributed by atoms with E-state index in [4.69, 9.17) is 32.7 Å². The van der Waals surface area contributed by atoms with Crippen LogP contribution in [0.15, 0.2) is 18.2 Å². The fourth-order valence-corrected chi connectivity index (χ4v) is 3.30. The lowest BCUT2D eigenvalue weighted by atomic mass is 9.73. The standard InChI is InChI=1S/C17H18B2Cl2FN3O5/c1-4-29-17(27)12-7-13(16(24-23-12)25(18-8-26)19(3)28)30-9(2)14-10(20)5-6-11(22)15(14)21/h5-9,18,28H,4H2,1-3H3/t9-/m0/s1. The predicted octanol–water partition coefficient (Wildman–Crippen LogP) is 2.70. The van der Waals surface area contributed by atoms with Gasteiger partial charge in [-0.3, -0.25) is 0 Å². The smallest absolute Gasteiger partial charge is 0.397 e. The molecule has 1 aromatic carbocycles. The summed E-state index contributed by atoms with van der Waals surface area (Å²) in [6, 6.07) is 3.71. The third-order valence-electron chi connectivity index (χ3n) is 4.01. The van der Waals surface area contributed by atoms with Crippen LogP contribution in [0.25, 0.3) is 0 Å². The van der Waals surface area contributed by atoms with Crippen molar-refractivity contribution >= 4 is 55.6 Å². The zero-order valence-electron chi connectivity index (χ0n) is 16.4. The Morgan fingerprint density at radius 2 is 2.13 bits per heavy atom. The van der Waals surface area contributed by atoms with Crippen molar-refractivity contribution in [2.24, 2.45) is 0 Å². The molecule has 0 unspecified atom stereocenters. The van der Waals surface area contributed by atoms with Gasteiger partial charge in [0.1, 0.15) is 18.1 Å². The van der Waals surface area contributed by atoms with Crippen LogP contribution in [-0.2, 0) is 9.53 Å². The average Bonchev–Trinajstić information content (AvgIpc) is 2.69. The number of nitrogens with zero attached hydrogens (tertiary/aromatic N) is 3. The molecule has 0 aliphatic rings. The zero-order chi connectivity index (χ0) is 22.4. The van der Waals surface area contributed by atoms with E-state index in [-0.39, 0.29) is 46.9 Å². The van der Waals surface area contributed by atoms with Crippen molar-refractivity contribution in [3.8, 4) is 5.75 Å². The van der Waals surface area contributed by atoms with Crippen molar-refractivity contribution in [2.75, 3.05) is 11.3 Å². The fourth-order valence-electron chi connectivity index (χ4n) is 2.62. The van der Waals surface area contributed by atoms with Gasteiger partial charge in [-0.2, -0.15) is 0 Å². The zero-order valence-corrected chi connectivity index (χ0v) is 17.9. The van der Waals surface area contributed by atoms with Gasteiger partial charge < -0.3 is 24.0 Å². The molecule has 0 bridgehead atoms. The fraction of sp³-hybridized carbons (Fsp3) is 0.294. The molecule has 0 radical (unpaired) electrons. The van der Waals surface area contributed by atoms with Crippen LogP contribution in [0.4, 0.5) is 10.2 Å². The molecule has 13 heteroatoms. The Balaban J connectivity index is 2.54. The van der Waals surface area contributed by atoms with E-state index < -0.39 is 24.9 Å². The van der Waals surface area contributed by atoms with Crippen LogP contribution in [0.2, 0.25) is 16.9 Å². The number of esters is 1. The van der Waals surface area contributed by atoms with Gasteiger partial charge in [0.05, 0.1) is 11.6 Å². The van der Waals surface area contributed by atoms with Crippen LogP contribution in [0.1, 0.15) is 36.0 Å². The van der Waals surface area contributed by atoms with Crippen molar-refractivity contribution in [1.29, 1.82) is 0 Å². The van der Waals surface area contributed by atoms with Crippen LogP contribution < -0.4 is 9.46 Å². The number of ether oxygens (including phenoxy) is 2. The van der Waals surface area contributed by atoms with Crippen molar-refractivity contribution in [3.63, 3.8) is 0 Å². The monoisotopic (exact) mass is 455 g/mol. The SMILES string of the molecule is CCOC(=O)c1cc(O[C@@H](C)c2c(Cl)ccc(F)c2Cl)c(N(BC=O)B(C)O)nn1. The number of hydrogen-bond acceptors (Lipinski definition) is 8. The number of anilines is 1. The second kappa shape index (κ2) is 10.6. The minimum Gasteiger partial charge on any atom is -0.482 e. The summed E-state index contributed by atoms with van der Waals surface area (Å²) in [6.07, 6.45) is -0.327. The number of halogens is 3. The maximum Gasteiger partial charge on any atom is 0.397 e. The summed E-state index contributed by atoms with van der Waals surface area (Å²) < 4.78 is 25.9. The first-order valence-corrected chi connectivity index (χ1v) is 9.70. The normalized spacial score (nSPS) is 11.4. The molecule has 0 fully saturated rings. The van der Waals surface area contributed by atoms with Crippen LogP contribution >= 0.6 is 23.2 Å². The van der Waals surface area contributed by atoms with Gasteiger partial charge >= 0.3 is 20.4 Å². The molecule has 1 N–H and O–H groups in total. The van der Waals surface area contributed by atoms with Crippen molar-refractivity contribution < 1.29 is 28.5 Å².